The number of hydrogen-bond donors (Lipinski definition) is 3. The molecule has 2 saturated carbocycles. The van der Waals surface area contributed by atoms with E-state index in [0.717, 1.165) is 51.6 Å². The zero-order chi connectivity index (χ0) is 31.3. The van der Waals surface area contributed by atoms with Crippen LogP contribution in [0.4, 0.5) is 5.69 Å². The first-order valence-electron chi connectivity index (χ1n) is 15.7. The fourth-order valence-corrected chi connectivity index (χ4v) is 8.23. The molecule has 45 heavy (non-hydrogen) atoms. The monoisotopic (exact) mass is 620 g/mol. The van der Waals surface area contributed by atoms with Crippen LogP contribution < -0.4 is 10.6 Å². The average molecular weight is 621 g/mol. The lowest BCUT2D eigenvalue weighted by molar-refractivity contribution is -0.125. The number of carbonyl (C=O) groups excluding carboxylic acids is 2. The summed E-state index contributed by atoms with van der Waals surface area (Å²) in [5, 5.41) is 17.5. The van der Waals surface area contributed by atoms with E-state index in [4.69, 9.17) is 4.98 Å². The topological polar surface area (TPSA) is 113 Å². The summed E-state index contributed by atoms with van der Waals surface area (Å²) in [4.78, 5) is 44.0. The minimum atomic E-state index is -1.00. The Bertz CT molecular complexity index is 1970. The van der Waals surface area contributed by atoms with Crippen LogP contribution in [0.2, 0.25) is 0 Å². The number of thiophene rings is 1. The molecule has 3 aromatic heterocycles. The molecule has 2 aliphatic carbocycles. The van der Waals surface area contributed by atoms with Crippen molar-refractivity contribution in [2.45, 2.75) is 69.7 Å². The summed E-state index contributed by atoms with van der Waals surface area (Å²) in [7, 11) is 2.05. The van der Waals surface area contributed by atoms with Crippen molar-refractivity contribution >= 4 is 55.8 Å². The van der Waals surface area contributed by atoms with Gasteiger partial charge in [0.05, 0.1) is 11.4 Å². The molecule has 0 atom stereocenters. The maximum absolute atomic E-state index is 13.7. The predicted octanol–water partition coefficient (Wildman–Crippen LogP) is 7.80. The zero-order valence-corrected chi connectivity index (χ0v) is 26.3. The molecule has 0 bridgehead atoms. The Labute approximate surface area is 265 Å². The van der Waals surface area contributed by atoms with Gasteiger partial charge in [0.15, 0.2) is 0 Å². The van der Waals surface area contributed by atoms with E-state index >= 15 is 0 Å². The Hall–Kier alpha value is -4.50. The molecule has 2 amide bonds. The predicted molar refractivity (Wildman–Crippen MR) is 178 cm³/mol. The van der Waals surface area contributed by atoms with Crippen LogP contribution >= 0.6 is 11.3 Å². The van der Waals surface area contributed by atoms with Crippen molar-refractivity contribution in [2.75, 3.05) is 5.32 Å². The van der Waals surface area contributed by atoms with Gasteiger partial charge in [-0.1, -0.05) is 31.4 Å². The molecule has 2 aromatic carbocycles. The Morgan fingerprint density at radius 1 is 0.978 bits per heavy atom. The highest BCUT2D eigenvalue weighted by Gasteiger charge is 2.45. The first-order chi connectivity index (χ1) is 21.8. The van der Waals surface area contributed by atoms with Gasteiger partial charge in [-0.3, -0.25) is 14.6 Å². The number of pyridine rings is 1. The van der Waals surface area contributed by atoms with Gasteiger partial charge in [0.1, 0.15) is 10.4 Å². The lowest BCUT2D eigenvalue weighted by Crippen LogP contribution is -2.61. The van der Waals surface area contributed by atoms with E-state index < -0.39 is 11.5 Å². The number of carboxylic acids is 1. The van der Waals surface area contributed by atoms with Gasteiger partial charge in [-0.2, -0.15) is 0 Å². The number of amides is 2. The van der Waals surface area contributed by atoms with Crippen molar-refractivity contribution in [3.05, 3.63) is 82.4 Å². The smallest absolute Gasteiger partial charge is 0.346 e. The van der Waals surface area contributed by atoms with Crippen molar-refractivity contribution in [3.8, 4) is 11.4 Å². The number of rotatable bonds is 7. The molecule has 7 rings (SSSR count). The third-order valence-corrected chi connectivity index (χ3v) is 11.1. The third-order valence-electron chi connectivity index (χ3n) is 9.81. The van der Waals surface area contributed by atoms with Gasteiger partial charge in [0.25, 0.3) is 5.91 Å². The molecule has 5 aromatic rings. The standard InChI is InChI=1S/C36H36N4O4S/c1-21-26-20-24(13-15-29(26)45-32(21)34(42)43)38-35(44)36(16-8-17-36)39-33(41)23-12-14-25-28(19-23)40(2)31(27-11-6-7-18-37-27)30(25)22-9-4-3-5-10-22/h6-7,11-15,18-20,22H,3-5,8-10,16-17H2,1-2H3,(H,38,44)(H,39,41)(H,42,43). The number of nitrogens with one attached hydrogen (secondary N) is 2. The van der Waals surface area contributed by atoms with Crippen molar-refractivity contribution in [3.63, 3.8) is 0 Å². The highest BCUT2D eigenvalue weighted by molar-refractivity contribution is 7.21. The van der Waals surface area contributed by atoms with Crippen molar-refractivity contribution in [2.24, 2.45) is 7.05 Å². The van der Waals surface area contributed by atoms with Gasteiger partial charge in [0.2, 0.25) is 5.91 Å². The molecule has 9 heteroatoms. The molecule has 230 valence electrons. The van der Waals surface area contributed by atoms with Crippen LogP contribution in [-0.2, 0) is 11.8 Å². The highest BCUT2D eigenvalue weighted by atomic mass is 32.1. The maximum atomic E-state index is 13.7. The minimum Gasteiger partial charge on any atom is -0.477 e. The quantitative estimate of drug-likeness (QED) is 0.172. The third kappa shape index (κ3) is 5.09. The fraction of sp³-hybridized carbons (Fsp3) is 0.333. The van der Waals surface area contributed by atoms with Crippen molar-refractivity contribution in [1.82, 2.24) is 14.9 Å². The fourth-order valence-electron chi connectivity index (χ4n) is 7.21. The summed E-state index contributed by atoms with van der Waals surface area (Å²) >= 11 is 1.22. The van der Waals surface area contributed by atoms with E-state index in [1.807, 2.05) is 49.6 Å². The van der Waals surface area contributed by atoms with E-state index in [2.05, 4.69) is 27.3 Å². The molecule has 0 saturated heterocycles. The molecule has 0 radical (unpaired) electrons. The zero-order valence-electron chi connectivity index (χ0n) is 25.5. The van der Waals surface area contributed by atoms with Gasteiger partial charge in [-0.25, -0.2) is 4.79 Å². The molecule has 0 aliphatic heterocycles. The van der Waals surface area contributed by atoms with Crippen LogP contribution in [0.1, 0.15) is 88.4 Å². The van der Waals surface area contributed by atoms with Crippen LogP contribution in [-0.4, -0.2) is 38.0 Å². The summed E-state index contributed by atoms with van der Waals surface area (Å²) in [6, 6.07) is 17.3. The molecule has 3 heterocycles. The minimum absolute atomic E-state index is 0.259. The number of nitrogens with zero attached hydrogens (tertiary/aromatic N) is 2. The normalized spacial score (nSPS) is 16.4. The number of carboxylic acid groups (broad SMARTS) is 1. The van der Waals surface area contributed by atoms with Gasteiger partial charge in [0, 0.05) is 40.1 Å². The molecule has 3 N–H and O–H groups in total. The van der Waals surface area contributed by atoms with E-state index in [1.54, 1.807) is 13.0 Å². The Balaban J connectivity index is 1.17. The number of aryl methyl sites for hydroxylation is 2. The molecule has 0 spiro atoms. The number of hydrogen-bond acceptors (Lipinski definition) is 5. The lowest BCUT2D eigenvalue weighted by Gasteiger charge is -2.40. The van der Waals surface area contributed by atoms with Gasteiger partial charge >= 0.3 is 5.97 Å². The van der Waals surface area contributed by atoms with Crippen LogP contribution in [0.3, 0.4) is 0 Å². The second-order valence-corrected chi connectivity index (χ2v) is 13.6. The Kier molecular flexibility index (Phi) is 7.44. The summed E-state index contributed by atoms with van der Waals surface area (Å²) in [6.07, 6.45) is 9.78. The second-order valence-electron chi connectivity index (χ2n) is 12.5. The molecular weight excluding hydrogens is 584 g/mol. The largest absolute Gasteiger partial charge is 0.477 e. The van der Waals surface area contributed by atoms with Crippen molar-refractivity contribution < 1.29 is 19.5 Å². The van der Waals surface area contributed by atoms with E-state index in [1.165, 1.54) is 36.2 Å². The van der Waals surface area contributed by atoms with Crippen molar-refractivity contribution in [1.29, 1.82) is 0 Å². The molecule has 2 aliphatic rings. The number of aromatic nitrogens is 2. The number of anilines is 1. The SMILES string of the molecule is Cc1c(C(=O)O)sc2ccc(NC(=O)C3(NC(=O)c4ccc5c(C6CCCCC6)c(-c6ccccn6)n(C)c5c4)CCC3)cc12. The molecular formula is C36H36N4O4S. The maximum Gasteiger partial charge on any atom is 0.346 e. The summed E-state index contributed by atoms with van der Waals surface area (Å²) in [6.45, 7) is 1.78. The second kappa shape index (κ2) is 11.5. The van der Waals surface area contributed by atoms with Gasteiger partial charge in [-0.05, 0) is 104 Å². The van der Waals surface area contributed by atoms with Crippen LogP contribution in [0.15, 0.2) is 60.8 Å². The summed E-state index contributed by atoms with van der Waals surface area (Å²) < 4.78 is 3.02. The number of benzene rings is 2. The average Bonchev–Trinajstić information content (AvgIpc) is 3.52. The Morgan fingerprint density at radius 3 is 2.47 bits per heavy atom. The van der Waals surface area contributed by atoms with Gasteiger partial charge < -0.3 is 20.3 Å². The summed E-state index contributed by atoms with van der Waals surface area (Å²) in [5.74, 6) is -1.04. The van der Waals surface area contributed by atoms with E-state index in [0.29, 0.717) is 40.5 Å². The van der Waals surface area contributed by atoms with E-state index in [-0.39, 0.29) is 11.8 Å². The van der Waals surface area contributed by atoms with Crippen LogP contribution in [0.25, 0.3) is 32.4 Å². The molecule has 8 nitrogen and oxygen atoms in total. The van der Waals surface area contributed by atoms with E-state index in [9.17, 15) is 19.5 Å². The molecule has 2 fully saturated rings. The number of carbonyl (C=O) groups is 3. The van der Waals surface area contributed by atoms with Crippen LogP contribution in [0, 0.1) is 6.92 Å². The highest BCUT2D eigenvalue weighted by Crippen LogP contribution is 2.43. The number of aromatic carboxylic acids is 1. The first-order valence-corrected chi connectivity index (χ1v) is 16.5. The number of fused-ring (bicyclic) bond motifs is 2. The Morgan fingerprint density at radius 2 is 1.78 bits per heavy atom. The lowest BCUT2D eigenvalue weighted by atomic mass is 9.75. The summed E-state index contributed by atoms with van der Waals surface area (Å²) in [5.41, 5.74) is 5.12. The van der Waals surface area contributed by atoms with Gasteiger partial charge in [-0.15, -0.1) is 11.3 Å². The first kappa shape index (κ1) is 29.2. The van der Waals surface area contributed by atoms with Crippen LogP contribution in [0.5, 0.6) is 0 Å². The molecule has 0 unspecified atom stereocenters.